The van der Waals surface area contributed by atoms with Crippen molar-refractivity contribution in [3.63, 3.8) is 0 Å². The molecule has 0 saturated heterocycles. The van der Waals surface area contributed by atoms with Crippen molar-refractivity contribution in [2.45, 2.75) is 52.2 Å². The number of ether oxygens (including phenoxy) is 4. The zero-order valence-corrected chi connectivity index (χ0v) is 36.8. The predicted octanol–water partition coefficient (Wildman–Crippen LogP) is 3.83. The van der Waals surface area contributed by atoms with Crippen molar-refractivity contribution in [2.75, 3.05) is 84.0 Å². The lowest BCUT2D eigenvalue weighted by Gasteiger charge is -2.40. The number of hydrogen-bond donors (Lipinski definition) is 3. The third-order valence-electron chi connectivity index (χ3n) is 9.65. The van der Waals surface area contributed by atoms with Gasteiger partial charge in [-0.1, -0.05) is 51.1 Å². The van der Waals surface area contributed by atoms with Crippen LogP contribution in [0.4, 0.5) is 8.78 Å². The number of rotatable bonds is 29. The van der Waals surface area contributed by atoms with Gasteiger partial charge in [0.1, 0.15) is 23.5 Å². The van der Waals surface area contributed by atoms with Gasteiger partial charge >= 0.3 is 5.97 Å². The van der Waals surface area contributed by atoms with Gasteiger partial charge in [0, 0.05) is 62.3 Å². The molecule has 0 fully saturated rings. The molecule has 2 atom stereocenters. The Bertz CT molecular complexity index is 1980. The van der Waals surface area contributed by atoms with Crippen LogP contribution in [0.15, 0.2) is 66.9 Å². The molecule has 16 nitrogen and oxygen atoms in total. The summed E-state index contributed by atoms with van der Waals surface area (Å²) in [6, 6.07) is 10.7. The van der Waals surface area contributed by atoms with E-state index >= 15 is 4.39 Å². The Balaban J connectivity index is 1.20. The molecule has 3 aromatic rings. The first kappa shape index (κ1) is 50.6. The molecule has 4 N–H and O–H groups in total. The van der Waals surface area contributed by atoms with Gasteiger partial charge in [0.15, 0.2) is 0 Å². The normalized spacial score (nSPS) is 13.7. The first-order chi connectivity index (χ1) is 30.1. The molecule has 1 aliphatic heterocycles. The zero-order chi connectivity index (χ0) is 45.8. The highest BCUT2D eigenvalue weighted by Gasteiger charge is 2.39. The predicted molar refractivity (Wildman–Crippen MR) is 231 cm³/mol. The van der Waals surface area contributed by atoms with Gasteiger partial charge in [-0.2, -0.15) is 0 Å². The van der Waals surface area contributed by atoms with E-state index in [0.717, 1.165) is 28.7 Å². The Morgan fingerprint density at radius 1 is 0.905 bits per heavy atom. The van der Waals surface area contributed by atoms with Gasteiger partial charge in [-0.25, -0.2) is 13.8 Å². The van der Waals surface area contributed by atoms with Gasteiger partial charge in [0.25, 0.3) is 11.8 Å². The minimum absolute atomic E-state index is 0.00858. The lowest BCUT2D eigenvalue weighted by molar-refractivity contribution is -0.140. The number of hydrogen-bond acceptors (Lipinski definition) is 12. The van der Waals surface area contributed by atoms with Crippen LogP contribution in [0.5, 0.6) is 0 Å². The number of thioether (sulfide) groups is 1. The second kappa shape index (κ2) is 25.9. The number of carboxylic acids is 1. The highest BCUT2D eigenvalue weighted by molar-refractivity contribution is 7.99. The van der Waals surface area contributed by atoms with Gasteiger partial charge in [-0.3, -0.25) is 28.9 Å². The van der Waals surface area contributed by atoms with Crippen LogP contribution >= 0.6 is 11.8 Å². The highest BCUT2D eigenvalue weighted by atomic mass is 32.2. The van der Waals surface area contributed by atoms with E-state index in [0.29, 0.717) is 64.4 Å². The average molecular weight is 901 g/mol. The van der Waals surface area contributed by atoms with Crippen LogP contribution < -0.4 is 11.1 Å². The van der Waals surface area contributed by atoms with Gasteiger partial charge in [-0.15, -0.1) is 11.8 Å². The summed E-state index contributed by atoms with van der Waals surface area (Å²) in [5.41, 5.74) is 6.35. The minimum atomic E-state index is -1.22. The van der Waals surface area contributed by atoms with Crippen LogP contribution in [-0.4, -0.2) is 144 Å². The monoisotopic (exact) mass is 900 g/mol. The summed E-state index contributed by atoms with van der Waals surface area (Å²) in [5, 5.41) is 12.2. The van der Waals surface area contributed by atoms with Crippen LogP contribution in [0.25, 0.3) is 11.3 Å². The number of carboxylic acid groups (broad SMARTS) is 1. The number of benzene rings is 2. The maximum atomic E-state index is 15.1. The Morgan fingerprint density at radius 2 is 1.52 bits per heavy atom. The standard InChI is InChI=1S/C44H58F2N6O10S/c1-44(2,3)41(42-49-36(33-27-32(45)9-10-34(33)46)29-50(42)28-31-7-5-4-6-8-31)52(16-13-35(47)43(57)58)40(56)30-63-26-25-62-24-23-61-22-21-60-20-19-59-18-14-37(53)48-15-17-51-38(54)11-12-39(51)55/h4-12,27,29,35,41H,13-26,28,30,47H2,1-3H3,(H,48,53)(H,57,58). The molecule has 344 valence electrons. The molecule has 0 aliphatic carbocycles. The van der Waals surface area contributed by atoms with Crippen LogP contribution in [-0.2, 0) is 49.5 Å². The molecule has 2 aromatic carbocycles. The lowest BCUT2D eigenvalue weighted by Crippen LogP contribution is -2.46. The van der Waals surface area contributed by atoms with Crippen molar-refractivity contribution in [3.05, 3.63) is 89.9 Å². The molecular weight excluding hydrogens is 843 g/mol. The van der Waals surface area contributed by atoms with Crippen molar-refractivity contribution in [1.29, 1.82) is 0 Å². The SMILES string of the molecule is CC(C)(C)C(c1nc(-c2cc(F)ccc2F)cn1Cc1ccccc1)N(CCC(N)C(=O)O)C(=O)CSCCOCCOCCOCCOCCC(=O)NCCN1C(=O)C=CC1=O. The Hall–Kier alpha value is -5.05. The molecule has 63 heavy (non-hydrogen) atoms. The highest BCUT2D eigenvalue weighted by Crippen LogP contribution is 2.40. The third-order valence-corrected chi connectivity index (χ3v) is 10.6. The van der Waals surface area contributed by atoms with Gasteiger partial charge < -0.3 is 44.6 Å². The molecule has 2 unspecified atom stereocenters. The molecule has 0 saturated carbocycles. The van der Waals surface area contributed by atoms with Crippen LogP contribution in [0.3, 0.4) is 0 Å². The Morgan fingerprint density at radius 3 is 2.14 bits per heavy atom. The van der Waals surface area contributed by atoms with E-state index in [1.54, 1.807) is 11.1 Å². The number of nitrogens with zero attached hydrogens (tertiary/aromatic N) is 4. The van der Waals surface area contributed by atoms with E-state index in [1.807, 2.05) is 55.7 Å². The van der Waals surface area contributed by atoms with Crippen molar-refractivity contribution in [2.24, 2.45) is 11.1 Å². The smallest absolute Gasteiger partial charge is 0.320 e. The summed E-state index contributed by atoms with van der Waals surface area (Å²) in [4.78, 5) is 68.3. The number of imide groups is 1. The number of carbonyl (C=O) groups is 5. The fraction of sp³-hybridized carbons (Fsp3) is 0.500. The molecular formula is C44H58F2N6O10S. The Labute approximate surface area is 370 Å². The number of imidazole rings is 1. The molecule has 0 radical (unpaired) electrons. The van der Waals surface area contributed by atoms with E-state index < -0.39 is 46.9 Å². The summed E-state index contributed by atoms with van der Waals surface area (Å²) in [6.07, 6.45) is 4.14. The largest absolute Gasteiger partial charge is 0.480 e. The van der Waals surface area contributed by atoms with E-state index in [9.17, 15) is 33.5 Å². The Kier molecular flexibility index (Phi) is 20.8. The maximum absolute atomic E-state index is 15.1. The van der Waals surface area contributed by atoms with E-state index in [1.165, 1.54) is 23.9 Å². The number of aliphatic carboxylic acids is 1. The number of nitrogens with one attached hydrogen (secondary N) is 1. The summed E-state index contributed by atoms with van der Waals surface area (Å²) < 4.78 is 53.4. The van der Waals surface area contributed by atoms with E-state index in [2.05, 4.69) is 5.32 Å². The first-order valence-corrected chi connectivity index (χ1v) is 21.8. The van der Waals surface area contributed by atoms with Crippen molar-refractivity contribution in [3.8, 4) is 11.3 Å². The first-order valence-electron chi connectivity index (χ1n) is 20.7. The quantitative estimate of drug-likeness (QED) is 0.0671. The number of halogens is 2. The molecule has 1 aliphatic rings. The van der Waals surface area contributed by atoms with Crippen LogP contribution in [0, 0.1) is 17.0 Å². The van der Waals surface area contributed by atoms with Crippen LogP contribution in [0.2, 0.25) is 0 Å². The summed E-state index contributed by atoms with van der Waals surface area (Å²) >= 11 is 1.36. The molecule has 0 bridgehead atoms. The van der Waals surface area contributed by atoms with Gasteiger partial charge in [0.05, 0.1) is 70.3 Å². The van der Waals surface area contributed by atoms with Crippen molar-refractivity contribution in [1.82, 2.24) is 24.7 Å². The summed E-state index contributed by atoms with van der Waals surface area (Å²) in [5.74, 6) is -2.82. The van der Waals surface area contributed by atoms with Crippen molar-refractivity contribution >= 4 is 41.4 Å². The number of amides is 4. The van der Waals surface area contributed by atoms with Crippen LogP contribution in [0.1, 0.15) is 51.0 Å². The lowest BCUT2D eigenvalue weighted by atomic mass is 9.84. The molecule has 1 aromatic heterocycles. The summed E-state index contributed by atoms with van der Waals surface area (Å²) in [7, 11) is 0. The van der Waals surface area contributed by atoms with Gasteiger partial charge in [-0.05, 0) is 35.6 Å². The van der Waals surface area contributed by atoms with E-state index in [4.69, 9.17) is 29.7 Å². The summed E-state index contributed by atoms with van der Waals surface area (Å²) in [6.45, 7) is 8.89. The van der Waals surface area contributed by atoms with Crippen molar-refractivity contribution < 1.29 is 56.8 Å². The number of aromatic nitrogens is 2. The maximum Gasteiger partial charge on any atom is 0.320 e. The second-order valence-electron chi connectivity index (χ2n) is 15.6. The molecule has 2 heterocycles. The van der Waals surface area contributed by atoms with E-state index in [-0.39, 0.29) is 67.9 Å². The average Bonchev–Trinajstić information content (AvgIpc) is 3.79. The fourth-order valence-electron chi connectivity index (χ4n) is 6.51. The molecule has 0 spiro atoms. The number of nitrogens with two attached hydrogens (primary N) is 1. The second-order valence-corrected chi connectivity index (χ2v) is 16.7. The number of carbonyl (C=O) groups excluding carboxylic acids is 4. The van der Waals surface area contributed by atoms with Gasteiger partial charge in [0.2, 0.25) is 11.8 Å². The third kappa shape index (κ3) is 16.9. The minimum Gasteiger partial charge on any atom is -0.480 e. The zero-order valence-electron chi connectivity index (χ0n) is 36.0. The fourth-order valence-corrected chi connectivity index (χ4v) is 7.23. The topological polar surface area (TPSA) is 205 Å². The molecule has 4 rings (SSSR count). The molecule has 19 heteroatoms. The molecule has 4 amide bonds.